The lowest BCUT2D eigenvalue weighted by Gasteiger charge is -2.23. The Morgan fingerprint density at radius 3 is 2.70 bits per heavy atom. The number of nitrogens with two attached hydrogens (primary N) is 1. The van der Waals surface area contributed by atoms with Crippen LogP contribution in [0, 0.1) is 0 Å². The largest absolute Gasteiger partial charge is 0.333 e. The molecule has 0 atom stereocenters. The molecule has 3 rings (SSSR count). The van der Waals surface area contributed by atoms with Crippen molar-refractivity contribution in [2.24, 2.45) is 5.73 Å². The van der Waals surface area contributed by atoms with Crippen LogP contribution in [0.3, 0.4) is 0 Å². The summed E-state index contributed by atoms with van der Waals surface area (Å²) < 4.78 is 9.36. The van der Waals surface area contributed by atoms with Crippen LogP contribution >= 0.6 is 11.5 Å². The zero-order valence-corrected chi connectivity index (χ0v) is 12.4. The number of aromatic nitrogens is 4. The van der Waals surface area contributed by atoms with Crippen molar-refractivity contribution in [3.8, 4) is 10.8 Å². The zero-order chi connectivity index (χ0) is 14.0. The van der Waals surface area contributed by atoms with E-state index in [1.54, 1.807) is 0 Å². The molecule has 20 heavy (non-hydrogen) atoms. The summed E-state index contributed by atoms with van der Waals surface area (Å²) in [6, 6.07) is 0. The van der Waals surface area contributed by atoms with E-state index in [1.807, 2.05) is 6.92 Å². The highest BCUT2D eigenvalue weighted by atomic mass is 32.1. The van der Waals surface area contributed by atoms with E-state index < -0.39 is 5.54 Å². The molecule has 2 aromatic rings. The van der Waals surface area contributed by atoms with Crippen LogP contribution in [0.25, 0.3) is 10.8 Å². The topological polar surface area (TPSA) is 90.7 Å². The van der Waals surface area contributed by atoms with Gasteiger partial charge in [0, 0.05) is 0 Å². The Labute approximate surface area is 121 Å². The van der Waals surface area contributed by atoms with E-state index in [1.165, 1.54) is 24.4 Å². The molecule has 0 bridgehead atoms. The molecule has 1 fully saturated rings. The van der Waals surface area contributed by atoms with E-state index in [0.717, 1.165) is 42.7 Å². The van der Waals surface area contributed by atoms with Gasteiger partial charge in [0.1, 0.15) is 4.88 Å². The van der Waals surface area contributed by atoms with Crippen molar-refractivity contribution in [1.29, 1.82) is 0 Å². The quantitative estimate of drug-likeness (QED) is 0.875. The summed E-state index contributed by atoms with van der Waals surface area (Å²) in [5, 5.41) is 8.20. The fourth-order valence-electron chi connectivity index (χ4n) is 2.70. The van der Waals surface area contributed by atoms with Gasteiger partial charge in [0.15, 0.2) is 5.82 Å². The highest BCUT2D eigenvalue weighted by Crippen LogP contribution is 2.34. The van der Waals surface area contributed by atoms with Gasteiger partial charge < -0.3 is 10.3 Å². The van der Waals surface area contributed by atoms with Gasteiger partial charge >= 0.3 is 0 Å². The summed E-state index contributed by atoms with van der Waals surface area (Å²) in [4.78, 5) is 5.39. The average molecular weight is 293 g/mol. The molecule has 2 heterocycles. The third-order valence-electron chi connectivity index (χ3n) is 3.95. The fraction of sp³-hybridized carbons (Fsp3) is 0.692. The SMILES string of the molecule is CCc1nnsc1-c1nc(C2(N)CCCCCC2)no1. The van der Waals surface area contributed by atoms with Crippen LogP contribution in [0.1, 0.15) is 57.0 Å². The van der Waals surface area contributed by atoms with Gasteiger partial charge in [-0.15, -0.1) is 5.10 Å². The minimum atomic E-state index is -0.442. The van der Waals surface area contributed by atoms with Crippen LogP contribution in [-0.2, 0) is 12.0 Å². The van der Waals surface area contributed by atoms with Gasteiger partial charge in [-0.2, -0.15) is 4.98 Å². The third-order valence-corrected chi connectivity index (χ3v) is 4.71. The summed E-state index contributed by atoms with van der Waals surface area (Å²) in [6.07, 6.45) is 7.38. The molecule has 0 spiro atoms. The van der Waals surface area contributed by atoms with E-state index in [9.17, 15) is 0 Å². The zero-order valence-electron chi connectivity index (χ0n) is 11.6. The molecular weight excluding hydrogens is 274 g/mol. The molecular formula is C13H19N5OS. The lowest BCUT2D eigenvalue weighted by molar-refractivity contribution is 0.334. The van der Waals surface area contributed by atoms with Gasteiger partial charge in [-0.05, 0) is 30.8 Å². The lowest BCUT2D eigenvalue weighted by atomic mass is 9.91. The number of hydrogen-bond donors (Lipinski definition) is 1. The van der Waals surface area contributed by atoms with Gasteiger partial charge in [-0.25, -0.2) is 0 Å². The van der Waals surface area contributed by atoms with Gasteiger partial charge in [-0.3, -0.25) is 0 Å². The maximum absolute atomic E-state index is 6.50. The molecule has 1 saturated carbocycles. The molecule has 6 nitrogen and oxygen atoms in total. The average Bonchev–Trinajstić information content (AvgIpc) is 3.06. The van der Waals surface area contributed by atoms with Crippen LogP contribution in [-0.4, -0.2) is 19.7 Å². The Bertz CT molecular complexity index is 571. The van der Waals surface area contributed by atoms with Crippen LogP contribution < -0.4 is 5.73 Å². The molecule has 1 aliphatic rings. The van der Waals surface area contributed by atoms with Crippen molar-refractivity contribution in [1.82, 2.24) is 19.7 Å². The molecule has 2 aromatic heterocycles. The maximum atomic E-state index is 6.50. The van der Waals surface area contributed by atoms with Crippen molar-refractivity contribution in [2.75, 3.05) is 0 Å². The summed E-state index contributed by atoms with van der Waals surface area (Å²) >= 11 is 1.29. The Kier molecular flexibility index (Phi) is 3.80. The first-order valence-electron chi connectivity index (χ1n) is 7.17. The van der Waals surface area contributed by atoms with Crippen molar-refractivity contribution in [3.05, 3.63) is 11.5 Å². The second kappa shape index (κ2) is 5.57. The van der Waals surface area contributed by atoms with Gasteiger partial charge in [0.25, 0.3) is 5.89 Å². The predicted octanol–water partition coefficient (Wildman–Crippen LogP) is 2.66. The standard InChI is InChI=1S/C13H19N5OS/c1-2-9-10(20-18-16-9)11-15-12(17-19-11)13(14)7-5-3-4-6-8-13/h2-8,14H2,1H3. The van der Waals surface area contributed by atoms with Crippen LogP contribution in [0.15, 0.2) is 4.52 Å². The monoisotopic (exact) mass is 293 g/mol. The molecule has 108 valence electrons. The minimum Gasteiger partial charge on any atom is -0.333 e. The summed E-state index contributed by atoms with van der Waals surface area (Å²) in [5.74, 6) is 1.13. The van der Waals surface area contributed by atoms with Gasteiger partial charge in [-0.1, -0.05) is 42.3 Å². The number of rotatable bonds is 3. The van der Waals surface area contributed by atoms with Crippen molar-refractivity contribution in [3.63, 3.8) is 0 Å². The Balaban J connectivity index is 1.89. The third kappa shape index (κ3) is 2.47. The van der Waals surface area contributed by atoms with Gasteiger partial charge in [0.2, 0.25) is 0 Å². The molecule has 0 unspecified atom stereocenters. The second-order valence-electron chi connectivity index (χ2n) is 5.40. The maximum Gasteiger partial charge on any atom is 0.271 e. The van der Waals surface area contributed by atoms with Crippen molar-refractivity contribution >= 4 is 11.5 Å². The number of nitrogens with zero attached hydrogens (tertiary/aromatic N) is 4. The molecule has 0 amide bonds. The van der Waals surface area contributed by atoms with Crippen molar-refractivity contribution < 1.29 is 4.52 Å². The number of hydrogen-bond acceptors (Lipinski definition) is 7. The van der Waals surface area contributed by atoms with E-state index in [4.69, 9.17) is 10.3 Å². The first-order chi connectivity index (χ1) is 9.73. The number of aryl methyl sites for hydroxylation is 1. The molecule has 7 heteroatoms. The molecule has 1 aliphatic carbocycles. The van der Waals surface area contributed by atoms with E-state index >= 15 is 0 Å². The highest BCUT2D eigenvalue weighted by molar-refractivity contribution is 7.09. The van der Waals surface area contributed by atoms with E-state index in [0.29, 0.717) is 11.7 Å². The second-order valence-corrected chi connectivity index (χ2v) is 6.15. The van der Waals surface area contributed by atoms with Crippen LogP contribution in [0.2, 0.25) is 0 Å². The Morgan fingerprint density at radius 1 is 1.25 bits per heavy atom. The summed E-state index contributed by atoms with van der Waals surface area (Å²) in [5.41, 5.74) is 6.96. The Morgan fingerprint density at radius 2 is 2.00 bits per heavy atom. The molecule has 0 aliphatic heterocycles. The predicted molar refractivity (Wildman–Crippen MR) is 76.1 cm³/mol. The first-order valence-corrected chi connectivity index (χ1v) is 7.95. The summed E-state index contributed by atoms with van der Waals surface area (Å²) in [7, 11) is 0. The smallest absolute Gasteiger partial charge is 0.271 e. The van der Waals surface area contributed by atoms with Crippen LogP contribution in [0.4, 0.5) is 0 Å². The first kappa shape index (κ1) is 13.6. The lowest BCUT2D eigenvalue weighted by Crippen LogP contribution is -2.37. The minimum absolute atomic E-state index is 0.442. The van der Waals surface area contributed by atoms with Crippen LogP contribution in [0.5, 0.6) is 0 Å². The normalized spacial score (nSPS) is 18.9. The van der Waals surface area contributed by atoms with E-state index in [2.05, 4.69) is 19.7 Å². The van der Waals surface area contributed by atoms with E-state index in [-0.39, 0.29) is 0 Å². The molecule has 0 radical (unpaired) electrons. The Hall–Kier alpha value is -1.34. The fourth-order valence-corrected chi connectivity index (χ4v) is 3.38. The molecule has 0 saturated heterocycles. The summed E-state index contributed by atoms with van der Waals surface area (Å²) in [6.45, 7) is 2.03. The van der Waals surface area contributed by atoms with Crippen molar-refractivity contribution in [2.45, 2.75) is 57.4 Å². The highest BCUT2D eigenvalue weighted by Gasteiger charge is 2.34. The van der Waals surface area contributed by atoms with Gasteiger partial charge in [0.05, 0.1) is 11.2 Å². The molecule has 0 aromatic carbocycles. The molecule has 2 N–H and O–H groups in total.